The Bertz CT molecular complexity index is 169. The molecule has 2 atom stereocenters. The van der Waals surface area contributed by atoms with Crippen LogP contribution in [0.2, 0.25) is 0 Å². The first-order chi connectivity index (χ1) is 7.17. The van der Waals surface area contributed by atoms with Gasteiger partial charge in [0.05, 0.1) is 0 Å². The summed E-state index contributed by atoms with van der Waals surface area (Å²) in [5.41, 5.74) is 0. The summed E-state index contributed by atoms with van der Waals surface area (Å²) in [5, 5.41) is 0. The highest BCUT2D eigenvalue weighted by Gasteiger charge is 2.28. The molecule has 1 fully saturated rings. The van der Waals surface area contributed by atoms with Crippen LogP contribution in [0.1, 0.15) is 34.1 Å². The van der Waals surface area contributed by atoms with Crippen molar-refractivity contribution in [3.05, 3.63) is 0 Å². The van der Waals surface area contributed by atoms with Crippen LogP contribution in [0.4, 0.5) is 0 Å². The highest BCUT2D eigenvalue weighted by Crippen LogP contribution is 2.22. The van der Waals surface area contributed by atoms with Crippen LogP contribution in [0.3, 0.4) is 0 Å². The van der Waals surface area contributed by atoms with E-state index in [0.29, 0.717) is 6.04 Å². The second-order valence-electron chi connectivity index (χ2n) is 4.48. The minimum absolute atomic E-state index is 0.0484. The Morgan fingerprint density at radius 3 is 2.20 bits per heavy atom. The Kier molecular flexibility index (Phi) is 5.58. The van der Waals surface area contributed by atoms with Crippen molar-refractivity contribution >= 4 is 0 Å². The fourth-order valence-electron chi connectivity index (χ4n) is 2.36. The Morgan fingerprint density at radius 1 is 1.20 bits per heavy atom. The highest BCUT2D eigenvalue weighted by molar-refractivity contribution is 4.80. The van der Waals surface area contributed by atoms with E-state index in [2.05, 4.69) is 18.7 Å². The lowest BCUT2D eigenvalue weighted by Gasteiger charge is -2.26. The fourth-order valence-corrected chi connectivity index (χ4v) is 2.36. The predicted octanol–water partition coefficient (Wildman–Crippen LogP) is 2.12. The lowest BCUT2D eigenvalue weighted by molar-refractivity contribution is -0.148. The second kappa shape index (κ2) is 6.46. The third-order valence-corrected chi connectivity index (χ3v) is 3.00. The molecule has 2 unspecified atom stereocenters. The summed E-state index contributed by atoms with van der Waals surface area (Å²) in [6.07, 6.45) is 1.25. The van der Waals surface area contributed by atoms with Gasteiger partial charge in [0.2, 0.25) is 0 Å². The average Bonchev–Trinajstić information content (AvgIpc) is 2.46. The van der Waals surface area contributed by atoms with Gasteiger partial charge in [0, 0.05) is 32.3 Å². The van der Waals surface area contributed by atoms with Gasteiger partial charge in [0.1, 0.15) is 0 Å². The van der Waals surface area contributed by atoms with E-state index in [4.69, 9.17) is 9.47 Å². The maximum atomic E-state index is 5.56. The van der Waals surface area contributed by atoms with Crippen molar-refractivity contribution in [2.75, 3.05) is 26.3 Å². The van der Waals surface area contributed by atoms with Gasteiger partial charge in [-0.2, -0.15) is 0 Å². The van der Waals surface area contributed by atoms with Gasteiger partial charge in [-0.15, -0.1) is 0 Å². The summed E-state index contributed by atoms with van der Waals surface area (Å²) >= 11 is 0. The van der Waals surface area contributed by atoms with Crippen molar-refractivity contribution in [3.63, 3.8) is 0 Å². The van der Waals surface area contributed by atoms with E-state index in [9.17, 15) is 0 Å². The molecule has 0 aliphatic carbocycles. The third kappa shape index (κ3) is 4.09. The molecule has 1 aliphatic heterocycles. The van der Waals surface area contributed by atoms with Gasteiger partial charge in [-0.3, -0.25) is 4.90 Å². The summed E-state index contributed by atoms with van der Waals surface area (Å²) in [7, 11) is 0. The molecule has 0 aromatic heterocycles. The monoisotopic (exact) mass is 215 g/mol. The van der Waals surface area contributed by atoms with Gasteiger partial charge in [-0.25, -0.2) is 0 Å². The minimum Gasteiger partial charge on any atom is -0.352 e. The highest BCUT2D eigenvalue weighted by atomic mass is 16.7. The molecule has 0 aromatic rings. The van der Waals surface area contributed by atoms with Crippen LogP contribution in [0, 0.1) is 5.92 Å². The molecule has 1 saturated heterocycles. The zero-order chi connectivity index (χ0) is 11.3. The average molecular weight is 215 g/mol. The summed E-state index contributed by atoms with van der Waals surface area (Å²) < 4.78 is 11.1. The molecule has 0 saturated carbocycles. The molecule has 90 valence electrons. The van der Waals surface area contributed by atoms with Gasteiger partial charge < -0.3 is 9.47 Å². The summed E-state index contributed by atoms with van der Waals surface area (Å²) in [5.74, 6) is 0.809. The molecule has 0 amide bonds. The number of hydrogen-bond donors (Lipinski definition) is 0. The van der Waals surface area contributed by atoms with Gasteiger partial charge in [-0.1, -0.05) is 6.92 Å². The molecule has 0 radical (unpaired) electrons. The second-order valence-corrected chi connectivity index (χ2v) is 4.48. The van der Waals surface area contributed by atoms with Crippen LogP contribution in [0.25, 0.3) is 0 Å². The number of likely N-dealkylation sites (tertiary alicyclic amines) is 1. The zero-order valence-corrected chi connectivity index (χ0v) is 10.5. The molecule has 3 nitrogen and oxygen atoms in total. The van der Waals surface area contributed by atoms with Crippen LogP contribution < -0.4 is 0 Å². The Balaban J connectivity index is 2.36. The van der Waals surface area contributed by atoms with E-state index in [-0.39, 0.29) is 6.29 Å². The van der Waals surface area contributed by atoms with Crippen LogP contribution in [0.15, 0.2) is 0 Å². The minimum atomic E-state index is -0.0484. The molecule has 0 spiro atoms. The van der Waals surface area contributed by atoms with Crippen LogP contribution in [0.5, 0.6) is 0 Å². The number of nitrogens with zero attached hydrogens (tertiary/aromatic N) is 1. The van der Waals surface area contributed by atoms with Gasteiger partial charge >= 0.3 is 0 Å². The maximum Gasteiger partial charge on any atom is 0.170 e. The standard InChI is InChI=1S/C12H25NO2/c1-5-14-12(15-6-2)9-13-8-10(3)7-11(13)4/h10-12H,5-9H2,1-4H3. The topological polar surface area (TPSA) is 21.7 Å². The lowest BCUT2D eigenvalue weighted by Crippen LogP contribution is -2.37. The number of rotatable bonds is 6. The first-order valence-electron chi connectivity index (χ1n) is 6.14. The quantitative estimate of drug-likeness (QED) is 0.633. The molecule has 1 heterocycles. The predicted molar refractivity (Wildman–Crippen MR) is 61.9 cm³/mol. The van der Waals surface area contributed by atoms with Crippen LogP contribution >= 0.6 is 0 Å². The van der Waals surface area contributed by atoms with Gasteiger partial charge in [-0.05, 0) is 33.1 Å². The van der Waals surface area contributed by atoms with Crippen molar-refractivity contribution in [2.24, 2.45) is 5.92 Å². The van der Waals surface area contributed by atoms with Crippen molar-refractivity contribution in [2.45, 2.75) is 46.4 Å². The van der Waals surface area contributed by atoms with E-state index < -0.39 is 0 Å². The maximum absolute atomic E-state index is 5.56. The van der Waals surface area contributed by atoms with Gasteiger partial charge in [0.15, 0.2) is 6.29 Å². The normalized spacial score (nSPS) is 27.8. The van der Waals surface area contributed by atoms with Crippen molar-refractivity contribution < 1.29 is 9.47 Å². The molecule has 3 heteroatoms. The van der Waals surface area contributed by atoms with Gasteiger partial charge in [0.25, 0.3) is 0 Å². The number of hydrogen-bond acceptors (Lipinski definition) is 3. The molecular weight excluding hydrogens is 190 g/mol. The summed E-state index contributed by atoms with van der Waals surface area (Å²) in [6, 6.07) is 0.670. The van der Waals surface area contributed by atoms with E-state index in [1.54, 1.807) is 0 Å². The molecule has 1 aliphatic rings. The van der Waals surface area contributed by atoms with Crippen LogP contribution in [-0.2, 0) is 9.47 Å². The van der Waals surface area contributed by atoms with E-state index in [1.807, 2.05) is 13.8 Å². The van der Waals surface area contributed by atoms with Crippen molar-refractivity contribution in [1.29, 1.82) is 0 Å². The van der Waals surface area contributed by atoms with Crippen molar-refractivity contribution in [1.82, 2.24) is 4.90 Å². The van der Waals surface area contributed by atoms with Crippen molar-refractivity contribution in [3.8, 4) is 0 Å². The largest absolute Gasteiger partial charge is 0.352 e. The Labute approximate surface area is 93.7 Å². The molecule has 15 heavy (non-hydrogen) atoms. The first kappa shape index (κ1) is 12.9. The smallest absolute Gasteiger partial charge is 0.170 e. The summed E-state index contributed by atoms with van der Waals surface area (Å²) in [6.45, 7) is 12.2. The van der Waals surface area contributed by atoms with E-state index in [1.165, 1.54) is 13.0 Å². The molecule has 1 rings (SSSR count). The molecule has 0 bridgehead atoms. The molecule has 0 aromatic carbocycles. The number of ether oxygens (including phenoxy) is 2. The zero-order valence-electron chi connectivity index (χ0n) is 10.5. The fraction of sp³-hybridized carbons (Fsp3) is 1.00. The Morgan fingerprint density at radius 2 is 1.80 bits per heavy atom. The SMILES string of the molecule is CCOC(CN1CC(C)CC1C)OCC. The van der Waals surface area contributed by atoms with Crippen LogP contribution in [-0.4, -0.2) is 43.5 Å². The van der Waals surface area contributed by atoms with E-state index >= 15 is 0 Å². The molecule has 0 N–H and O–H groups in total. The third-order valence-electron chi connectivity index (χ3n) is 3.00. The molecular formula is C12H25NO2. The lowest BCUT2D eigenvalue weighted by atomic mass is 10.1. The first-order valence-corrected chi connectivity index (χ1v) is 6.14. The Hall–Kier alpha value is -0.120. The summed E-state index contributed by atoms with van der Waals surface area (Å²) in [4.78, 5) is 2.47. The van der Waals surface area contributed by atoms with E-state index in [0.717, 1.165) is 25.7 Å².